The highest BCUT2D eigenvalue weighted by atomic mass is 19.1. The third-order valence-corrected chi connectivity index (χ3v) is 4.87. The molecular weight excluding hydrogens is 399 g/mol. The van der Waals surface area contributed by atoms with E-state index >= 15 is 0 Å². The Hall–Kier alpha value is -3.94. The molecular formula is C23H21FN4O3. The van der Waals surface area contributed by atoms with Gasteiger partial charge in [-0.1, -0.05) is 30.3 Å². The summed E-state index contributed by atoms with van der Waals surface area (Å²) in [4.78, 5) is 34.8. The van der Waals surface area contributed by atoms with Crippen molar-refractivity contribution in [2.24, 2.45) is 0 Å². The molecule has 158 valence electrons. The van der Waals surface area contributed by atoms with Crippen LogP contribution in [0.4, 0.5) is 4.39 Å². The van der Waals surface area contributed by atoms with Gasteiger partial charge in [-0.3, -0.25) is 9.59 Å². The minimum Gasteiger partial charge on any atom is -0.481 e. The number of nitrogens with zero attached hydrogens (tertiary/aromatic N) is 1. The summed E-state index contributed by atoms with van der Waals surface area (Å²) >= 11 is 0. The number of ether oxygens (including phenoxy) is 1. The van der Waals surface area contributed by atoms with Crippen LogP contribution in [-0.2, 0) is 11.2 Å². The van der Waals surface area contributed by atoms with Crippen molar-refractivity contribution in [2.45, 2.75) is 19.4 Å². The summed E-state index contributed by atoms with van der Waals surface area (Å²) in [7, 11) is 0. The molecule has 1 amide bonds. The van der Waals surface area contributed by atoms with Gasteiger partial charge in [-0.05, 0) is 30.7 Å². The fraction of sp³-hybridized carbons (Fsp3) is 0.174. The van der Waals surface area contributed by atoms with E-state index in [2.05, 4.69) is 20.3 Å². The van der Waals surface area contributed by atoms with Crippen molar-refractivity contribution < 1.29 is 13.9 Å². The predicted octanol–water partition coefficient (Wildman–Crippen LogP) is 3.18. The number of carbonyl (C=O) groups is 1. The van der Waals surface area contributed by atoms with Gasteiger partial charge < -0.3 is 20.0 Å². The molecule has 1 unspecified atom stereocenters. The van der Waals surface area contributed by atoms with Crippen LogP contribution >= 0.6 is 0 Å². The van der Waals surface area contributed by atoms with Gasteiger partial charge in [0.15, 0.2) is 18.2 Å². The summed E-state index contributed by atoms with van der Waals surface area (Å²) in [6.07, 6.45) is 2.28. The molecule has 1 atom stereocenters. The van der Waals surface area contributed by atoms with Crippen LogP contribution in [0.3, 0.4) is 0 Å². The molecule has 7 nitrogen and oxygen atoms in total. The van der Waals surface area contributed by atoms with Crippen LogP contribution in [0, 0.1) is 12.7 Å². The second-order valence-corrected chi connectivity index (χ2v) is 7.16. The molecule has 2 aromatic carbocycles. The Labute approximate surface area is 177 Å². The highest BCUT2D eigenvalue weighted by molar-refractivity contribution is 5.83. The molecule has 3 N–H and O–H groups in total. The Balaban J connectivity index is 1.57. The molecule has 0 fully saturated rings. The first-order chi connectivity index (χ1) is 15.0. The number of amides is 1. The molecule has 0 aliphatic heterocycles. The molecule has 4 rings (SSSR count). The number of aromatic nitrogens is 3. The monoisotopic (exact) mass is 420 g/mol. The number of fused-ring (bicyclic) bond motifs is 1. The van der Waals surface area contributed by atoms with E-state index in [0.717, 1.165) is 16.5 Å². The quantitative estimate of drug-likeness (QED) is 0.428. The Morgan fingerprint density at radius 2 is 1.97 bits per heavy atom. The maximum Gasteiger partial charge on any atom is 0.258 e. The lowest BCUT2D eigenvalue weighted by molar-refractivity contribution is -0.123. The number of aromatic amines is 2. The summed E-state index contributed by atoms with van der Waals surface area (Å²) in [6.45, 7) is 1.31. The van der Waals surface area contributed by atoms with Gasteiger partial charge in [0.25, 0.3) is 11.5 Å². The van der Waals surface area contributed by atoms with E-state index in [-0.39, 0.29) is 17.9 Å². The molecule has 0 radical (unpaired) electrons. The molecule has 0 spiro atoms. The number of H-pyrrole nitrogens is 2. The van der Waals surface area contributed by atoms with Gasteiger partial charge >= 0.3 is 0 Å². The van der Waals surface area contributed by atoms with Crippen molar-refractivity contribution >= 4 is 16.8 Å². The van der Waals surface area contributed by atoms with Gasteiger partial charge in [0.1, 0.15) is 5.82 Å². The van der Waals surface area contributed by atoms with E-state index in [0.29, 0.717) is 17.9 Å². The first kappa shape index (κ1) is 20.3. The van der Waals surface area contributed by atoms with Crippen LogP contribution in [0.2, 0.25) is 0 Å². The van der Waals surface area contributed by atoms with Crippen molar-refractivity contribution in [2.75, 3.05) is 6.61 Å². The largest absolute Gasteiger partial charge is 0.481 e. The van der Waals surface area contributed by atoms with Crippen LogP contribution in [0.25, 0.3) is 10.9 Å². The minimum atomic E-state index is -0.572. The Morgan fingerprint density at radius 3 is 2.77 bits per heavy atom. The molecule has 0 bridgehead atoms. The van der Waals surface area contributed by atoms with E-state index in [4.69, 9.17) is 4.74 Å². The average molecular weight is 420 g/mol. The van der Waals surface area contributed by atoms with Gasteiger partial charge in [0.05, 0.1) is 11.7 Å². The molecule has 4 aromatic rings. The lowest BCUT2D eigenvalue weighted by atomic mass is 10.0. The van der Waals surface area contributed by atoms with Gasteiger partial charge in [-0.25, -0.2) is 9.37 Å². The van der Waals surface area contributed by atoms with Crippen molar-refractivity contribution in [1.82, 2.24) is 20.3 Å². The van der Waals surface area contributed by atoms with Gasteiger partial charge in [0, 0.05) is 29.6 Å². The summed E-state index contributed by atoms with van der Waals surface area (Å²) in [5, 5.41) is 3.88. The molecule has 2 aromatic heterocycles. The smallest absolute Gasteiger partial charge is 0.258 e. The van der Waals surface area contributed by atoms with Crippen LogP contribution in [0.1, 0.15) is 23.1 Å². The van der Waals surface area contributed by atoms with Gasteiger partial charge in [-0.2, -0.15) is 0 Å². The highest BCUT2D eigenvalue weighted by Crippen LogP contribution is 2.23. The van der Waals surface area contributed by atoms with E-state index in [9.17, 15) is 14.0 Å². The van der Waals surface area contributed by atoms with E-state index < -0.39 is 17.8 Å². The minimum absolute atomic E-state index is 0.00375. The molecule has 0 saturated carbocycles. The zero-order valence-corrected chi connectivity index (χ0v) is 16.8. The lowest BCUT2D eigenvalue weighted by Gasteiger charge is -2.19. The number of nitrogens with one attached hydrogen (secondary N) is 3. The van der Waals surface area contributed by atoms with Crippen LogP contribution in [-0.4, -0.2) is 27.5 Å². The second kappa shape index (κ2) is 8.83. The number of rotatable bonds is 7. The van der Waals surface area contributed by atoms with Gasteiger partial charge in [-0.15, -0.1) is 0 Å². The van der Waals surface area contributed by atoms with Crippen molar-refractivity contribution in [3.63, 3.8) is 0 Å². The normalized spacial score (nSPS) is 11.9. The fourth-order valence-corrected chi connectivity index (χ4v) is 3.47. The topological polar surface area (TPSA) is 99.9 Å². The third kappa shape index (κ3) is 4.80. The number of aryl methyl sites for hydroxylation is 1. The average Bonchev–Trinajstić information content (AvgIpc) is 3.15. The number of carbonyl (C=O) groups excluding carboxylic acids is 1. The van der Waals surface area contributed by atoms with Crippen molar-refractivity contribution in [3.8, 4) is 5.75 Å². The zero-order valence-electron chi connectivity index (χ0n) is 16.8. The molecule has 0 saturated heterocycles. The number of halogens is 1. The number of hydrogen-bond acceptors (Lipinski definition) is 4. The molecule has 8 heteroatoms. The number of benzene rings is 2. The van der Waals surface area contributed by atoms with Crippen molar-refractivity contribution in [3.05, 3.63) is 94.0 Å². The molecule has 31 heavy (non-hydrogen) atoms. The standard InChI is InChI=1S/C23H21FN4O3/c1-14-26-20(11-22(29)27-14)19(10-15-12-25-18-8-4-2-6-16(15)18)28-23(30)13-31-21-9-5-3-7-17(21)24/h2-9,11-12,19,25H,10,13H2,1H3,(H,28,30)(H,26,27,29). The maximum absolute atomic E-state index is 13.7. The molecule has 0 aliphatic rings. The second-order valence-electron chi connectivity index (χ2n) is 7.16. The zero-order chi connectivity index (χ0) is 21.8. The SMILES string of the molecule is Cc1nc(C(Cc2c[nH]c3ccccc23)NC(=O)COc2ccccc2F)cc(=O)[nH]1. The molecule has 2 heterocycles. The van der Waals surface area contributed by atoms with E-state index in [1.165, 1.54) is 18.2 Å². The summed E-state index contributed by atoms with van der Waals surface area (Å²) in [5.41, 5.74) is 2.07. The highest BCUT2D eigenvalue weighted by Gasteiger charge is 2.20. The summed E-state index contributed by atoms with van der Waals surface area (Å²) in [6, 6.07) is 14.5. The lowest BCUT2D eigenvalue weighted by Crippen LogP contribution is -2.35. The Bertz CT molecular complexity index is 1280. The Kier molecular flexibility index (Phi) is 5.79. The fourth-order valence-electron chi connectivity index (χ4n) is 3.47. The van der Waals surface area contributed by atoms with Crippen LogP contribution in [0.5, 0.6) is 5.75 Å². The maximum atomic E-state index is 13.7. The van der Waals surface area contributed by atoms with Crippen molar-refractivity contribution in [1.29, 1.82) is 0 Å². The number of hydrogen-bond donors (Lipinski definition) is 3. The van der Waals surface area contributed by atoms with E-state index in [1.807, 2.05) is 30.5 Å². The number of para-hydroxylation sites is 2. The first-order valence-corrected chi connectivity index (χ1v) is 9.79. The Morgan fingerprint density at radius 1 is 1.19 bits per heavy atom. The first-order valence-electron chi connectivity index (χ1n) is 9.79. The van der Waals surface area contributed by atoms with Gasteiger partial charge in [0.2, 0.25) is 0 Å². The predicted molar refractivity (Wildman–Crippen MR) is 114 cm³/mol. The molecule has 0 aliphatic carbocycles. The van der Waals surface area contributed by atoms with E-state index in [1.54, 1.807) is 19.1 Å². The summed E-state index contributed by atoms with van der Waals surface area (Å²) in [5.74, 6) is -0.551. The van der Waals surface area contributed by atoms with Crippen LogP contribution in [0.15, 0.2) is 65.6 Å². The third-order valence-electron chi connectivity index (χ3n) is 4.87. The summed E-state index contributed by atoms with van der Waals surface area (Å²) < 4.78 is 19.1. The van der Waals surface area contributed by atoms with Crippen LogP contribution < -0.4 is 15.6 Å².